The first-order valence-corrected chi connectivity index (χ1v) is 9.69. The van der Waals surface area contributed by atoms with Crippen molar-refractivity contribution in [3.05, 3.63) is 17.0 Å². The number of carbonyl (C=O) groups is 1. The summed E-state index contributed by atoms with van der Waals surface area (Å²) >= 11 is 0. The molecule has 0 aromatic carbocycles. The Bertz CT molecular complexity index is 610. The van der Waals surface area contributed by atoms with Gasteiger partial charge in [0.25, 0.3) is 5.91 Å². The van der Waals surface area contributed by atoms with Crippen molar-refractivity contribution >= 4 is 5.91 Å². The van der Waals surface area contributed by atoms with E-state index in [1.54, 1.807) is 7.11 Å². The Morgan fingerprint density at radius 2 is 2.12 bits per heavy atom. The lowest BCUT2D eigenvalue weighted by Crippen LogP contribution is -2.41. The van der Waals surface area contributed by atoms with E-state index in [0.29, 0.717) is 24.8 Å². The van der Waals surface area contributed by atoms with Crippen LogP contribution in [0.1, 0.15) is 54.5 Å². The lowest BCUT2D eigenvalue weighted by molar-refractivity contribution is -0.00704. The number of fused-ring (bicyclic) bond motifs is 1. The summed E-state index contributed by atoms with van der Waals surface area (Å²) in [4.78, 5) is 17.6. The predicted molar refractivity (Wildman–Crippen MR) is 99.3 cm³/mol. The van der Waals surface area contributed by atoms with Crippen LogP contribution in [0.2, 0.25) is 0 Å². The molecule has 0 bridgehead atoms. The van der Waals surface area contributed by atoms with E-state index in [-0.39, 0.29) is 18.1 Å². The largest absolute Gasteiger partial charge is 0.383 e. The first kappa shape index (κ1) is 19.3. The SMILES string of the molecule is COCCN(CC1CCN(C)CC1)C(=O)c1n[nH]c2c1C[C@H](C)O[C@@H]2C. The quantitative estimate of drug-likeness (QED) is 0.834. The zero-order valence-corrected chi connectivity index (χ0v) is 16.5. The third kappa shape index (κ3) is 4.27. The van der Waals surface area contributed by atoms with Crippen LogP contribution in [0, 0.1) is 5.92 Å². The number of nitrogens with zero attached hydrogens (tertiary/aromatic N) is 3. The lowest BCUT2D eigenvalue weighted by atomic mass is 9.95. The number of likely N-dealkylation sites (tertiary alicyclic amines) is 1. The van der Waals surface area contributed by atoms with Crippen LogP contribution in [0.15, 0.2) is 0 Å². The van der Waals surface area contributed by atoms with Crippen LogP contribution in [-0.2, 0) is 15.9 Å². The molecule has 2 atom stereocenters. The summed E-state index contributed by atoms with van der Waals surface area (Å²) in [5, 5.41) is 7.41. The van der Waals surface area contributed by atoms with E-state index in [2.05, 4.69) is 22.1 Å². The second-order valence-electron chi connectivity index (χ2n) is 7.75. The average Bonchev–Trinajstić information content (AvgIpc) is 3.03. The Hall–Kier alpha value is -1.44. The summed E-state index contributed by atoms with van der Waals surface area (Å²) in [6.07, 6.45) is 3.04. The lowest BCUT2D eigenvalue weighted by Gasteiger charge is -2.33. The molecule has 0 aliphatic carbocycles. The fourth-order valence-electron chi connectivity index (χ4n) is 4.03. The minimum absolute atomic E-state index is 0.0137. The van der Waals surface area contributed by atoms with Crippen molar-refractivity contribution in [3.8, 4) is 0 Å². The number of methoxy groups -OCH3 is 1. The van der Waals surface area contributed by atoms with E-state index in [0.717, 1.165) is 50.2 Å². The normalized spacial score (nSPS) is 24.5. The predicted octanol–water partition coefficient (Wildman–Crippen LogP) is 1.86. The van der Waals surface area contributed by atoms with Gasteiger partial charge >= 0.3 is 0 Å². The van der Waals surface area contributed by atoms with E-state index in [9.17, 15) is 4.79 Å². The van der Waals surface area contributed by atoms with E-state index >= 15 is 0 Å². The van der Waals surface area contributed by atoms with Crippen molar-refractivity contribution in [3.63, 3.8) is 0 Å². The zero-order valence-electron chi connectivity index (χ0n) is 16.5. The molecule has 1 saturated heterocycles. The smallest absolute Gasteiger partial charge is 0.274 e. The van der Waals surface area contributed by atoms with Gasteiger partial charge in [0.2, 0.25) is 0 Å². The number of amides is 1. The van der Waals surface area contributed by atoms with E-state index in [1.807, 2.05) is 18.7 Å². The minimum Gasteiger partial charge on any atom is -0.383 e. The average molecular weight is 364 g/mol. The van der Waals surface area contributed by atoms with Crippen LogP contribution >= 0.6 is 0 Å². The third-order valence-corrected chi connectivity index (χ3v) is 5.61. The molecule has 2 aliphatic rings. The van der Waals surface area contributed by atoms with E-state index in [4.69, 9.17) is 9.47 Å². The van der Waals surface area contributed by atoms with Crippen LogP contribution in [-0.4, -0.2) is 79.0 Å². The number of aromatic nitrogens is 2. The summed E-state index contributed by atoms with van der Waals surface area (Å²) in [6, 6.07) is 0. The van der Waals surface area contributed by atoms with E-state index in [1.165, 1.54) is 0 Å². The molecule has 3 heterocycles. The molecule has 0 saturated carbocycles. The fourth-order valence-corrected chi connectivity index (χ4v) is 4.03. The molecule has 3 rings (SSSR count). The number of H-pyrrole nitrogens is 1. The molecule has 146 valence electrons. The van der Waals surface area contributed by atoms with E-state index < -0.39 is 0 Å². The van der Waals surface area contributed by atoms with Crippen molar-refractivity contribution in [2.75, 3.05) is 46.9 Å². The van der Waals surface area contributed by atoms with Gasteiger partial charge in [-0.3, -0.25) is 9.89 Å². The maximum Gasteiger partial charge on any atom is 0.274 e. The Balaban J connectivity index is 1.75. The van der Waals surface area contributed by atoms with Crippen LogP contribution < -0.4 is 0 Å². The molecule has 1 aromatic heterocycles. The van der Waals surface area contributed by atoms with Gasteiger partial charge in [-0.15, -0.1) is 0 Å². The first-order valence-electron chi connectivity index (χ1n) is 9.69. The van der Waals surface area contributed by atoms with Crippen molar-refractivity contribution in [2.24, 2.45) is 5.92 Å². The minimum atomic E-state index is -0.0518. The molecule has 1 amide bonds. The van der Waals surface area contributed by atoms with Crippen LogP contribution in [0.5, 0.6) is 0 Å². The maximum atomic E-state index is 13.3. The summed E-state index contributed by atoms with van der Waals surface area (Å²) in [5.74, 6) is 0.558. The fraction of sp³-hybridized carbons (Fsp3) is 0.789. The van der Waals surface area contributed by atoms with Crippen LogP contribution in [0.25, 0.3) is 0 Å². The topological polar surface area (TPSA) is 70.7 Å². The summed E-state index contributed by atoms with van der Waals surface area (Å²) in [6.45, 7) is 8.16. The van der Waals surface area contributed by atoms with Gasteiger partial charge in [0.15, 0.2) is 5.69 Å². The Kier molecular flexibility index (Phi) is 6.32. The van der Waals surface area contributed by atoms with Gasteiger partial charge in [0.05, 0.1) is 24.5 Å². The van der Waals surface area contributed by atoms with Crippen molar-refractivity contribution in [1.29, 1.82) is 0 Å². The van der Waals surface area contributed by atoms with Gasteiger partial charge in [-0.1, -0.05) is 0 Å². The summed E-state index contributed by atoms with van der Waals surface area (Å²) in [5.41, 5.74) is 2.52. The summed E-state index contributed by atoms with van der Waals surface area (Å²) in [7, 11) is 3.83. The molecule has 0 spiro atoms. The second-order valence-corrected chi connectivity index (χ2v) is 7.75. The monoisotopic (exact) mass is 364 g/mol. The van der Waals surface area contributed by atoms with Gasteiger partial charge in [-0.2, -0.15) is 5.10 Å². The van der Waals surface area contributed by atoms with Crippen molar-refractivity contribution in [1.82, 2.24) is 20.0 Å². The number of ether oxygens (including phenoxy) is 2. The standard InChI is InChI=1S/C19H32N4O3/c1-13-11-16-17(14(2)26-13)20-21-18(16)19(24)23(9-10-25-4)12-15-5-7-22(3)8-6-15/h13-15H,5-12H2,1-4H3,(H,20,21)/t13-,14+/m0/s1. The highest BCUT2D eigenvalue weighted by atomic mass is 16.5. The van der Waals surface area contributed by atoms with Crippen molar-refractivity contribution < 1.29 is 14.3 Å². The van der Waals surface area contributed by atoms with Crippen LogP contribution in [0.3, 0.4) is 0 Å². The molecule has 0 unspecified atom stereocenters. The number of hydrogen-bond acceptors (Lipinski definition) is 5. The number of hydrogen-bond donors (Lipinski definition) is 1. The van der Waals surface area contributed by atoms with Gasteiger partial charge in [0, 0.05) is 32.2 Å². The summed E-state index contributed by atoms with van der Waals surface area (Å²) < 4.78 is 11.1. The number of aromatic amines is 1. The Morgan fingerprint density at radius 3 is 2.81 bits per heavy atom. The molecule has 1 N–H and O–H groups in total. The van der Waals surface area contributed by atoms with Crippen LogP contribution in [0.4, 0.5) is 0 Å². The van der Waals surface area contributed by atoms with Gasteiger partial charge in [-0.25, -0.2) is 0 Å². The molecule has 1 aromatic rings. The highest BCUT2D eigenvalue weighted by molar-refractivity contribution is 5.94. The molecule has 26 heavy (non-hydrogen) atoms. The van der Waals surface area contributed by atoms with Crippen molar-refractivity contribution in [2.45, 2.75) is 45.3 Å². The highest BCUT2D eigenvalue weighted by Crippen LogP contribution is 2.31. The molecule has 7 heteroatoms. The first-order chi connectivity index (χ1) is 12.5. The molecule has 1 fully saturated rings. The molecule has 2 aliphatic heterocycles. The van der Waals surface area contributed by atoms with Gasteiger partial charge in [-0.05, 0) is 52.7 Å². The third-order valence-electron chi connectivity index (χ3n) is 5.61. The Labute approximate surface area is 156 Å². The molecule has 7 nitrogen and oxygen atoms in total. The number of carbonyl (C=O) groups excluding carboxylic acids is 1. The second kappa shape index (κ2) is 8.50. The zero-order chi connectivity index (χ0) is 18.7. The number of rotatable bonds is 6. The number of nitrogens with one attached hydrogen (secondary N) is 1. The van der Waals surface area contributed by atoms with Gasteiger partial charge in [0.1, 0.15) is 0 Å². The highest BCUT2D eigenvalue weighted by Gasteiger charge is 2.32. The molecular formula is C19H32N4O3. The molecule has 0 radical (unpaired) electrons. The maximum absolute atomic E-state index is 13.3. The molecular weight excluding hydrogens is 332 g/mol. The Morgan fingerprint density at radius 1 is 1.38 bits per heavy atom. The number of piperidine rings is 1. The van der Waals surface area contributed by atoms with Gasteiger partial charge < -0.3 is 19.3 Å².